The van der Waals surface area contributed by atoms with E-state index in [1.165, 1.54) is 25.9 Å². The summed E-state index contributed by atoms with van der Waals surface area (Å²) in [4.78, 5) is 25.7. The van der Waals surface area contributed by atoms with Crippen molar-refractivity contribution < 1.29 is 14.7 Å². The summed E-state index contributed by atoms with van der Waals surface area (Å²) in [6.07, 6.45) is 6.78. The fourth-order valence-corrected chi connectivity index (χ4v) is 3.39. The second kappa shape index (κ2) is 7.62. The van der Waals surface area contributed by atoms with Crippen molar-refractivity contribution in [1.82, 2.24) is 10.2 Å². The predicted octanol–water partition coefficient (Wildman–Crippen LogP) is 1.48. The van der Waals surface area contributed by atoms with Crippen LogP contribution in [-0.2, 0) is 9.59 Å². The summed E-state index contributed by atoms with van der Waals surface area (Å²) in [6, 6.07) is 0. The van der Waals surface area contributed by atoms with Crippen molar-refractivity contribution in [1.29, 1.82) is 0 Å². The van der Waals surface area contributed by atoms with E-state index in [0.717, 1.165) is 32.2 Å². The van der Waals surface area contributed by atoms with Crippen molar-refractivity contribution in [3.05, 3.63) is 0 Å². The summed E-state index contributed by atoms with van der Waals surface area (Å²) in [5, 5.41) is 12.1. The number of carboxylic acid groups (broad SMARTS) is 1. The summed E-state index contributed by atoms with van der Waals surface area (Å²) in [6.45, 7) is 4.06. The molecule has 1 aliphatic carbocycles. The molecule has 1 aliphatic heterocycles. The third kappa shape index (κ3) is 4.20. The van der Waals surface area contributed by atoms with Crippen LogP contribution < -0.4 is 5.32 Å². The van der Waals surface area contributed by atoms with E-state index in [0.29, 0.717) is 13.0 Å². The average Bonchev–Trinajstić information content (AvgIpc) is 2.96. The number of nitrogens with zero attached hydrogens (tertiary/aromatic N) is 1. The smallest absolute Gasteiger partial charge is 0.307 e. The largest absolute Gasteiger partial charge is 0.481 e. The van der Waals surface area contributed by atoms with Crippen LogP contribution in [-0.4, -0.2) is 48.1 Å². The Labute approximate surface area is 120 Å². The maximum atomic E-state index is 12.1. The molecule has 2 N–H and O–H groups in total. The summed E-state index contributed by atoms with van der Waals surface area (Å²) in [5.74, 6) is -1.68. The van der Waals surface area contributed by atoms with Crippen LogP contribution >= 0.6 is 0 Å². The van der Waals surface area contributed by atoms with Gasteiger partial charge < -0.3 is 15.3 Å². The van der Waals surface area contributed by atoms with Crippen molar-refractivity contribution in [3.63, 3.8) is 0 Å². The van der Waals surface area contributed by atoms with Gasteiger partial charge in [-0.25, -0.2) is 0 Å². The van der Waals surface area contributed by atoms with Gasteiger partial charge in [-0.3, -0.25) is 9.59 Å². The molecule has 114 valence electrons. The third-order valence-electron chi connectivity index (χ3n) is 4.57. The van der Waals surface area contributed by atoms with Crippen LogP contribution in [0.5, 0.6) is 0 Å². The summed E-state index contributed by atoms with van der Waals surface area (Å²) in [7, 11) is 0. The number of hydrogen-bond donors (Lipinski definition) is 2. The first kappa shape index (κ1) is 15.3. The molecule has 0 aromatic heterocycles. The maximum absolute atomic E-state index is 12.1. The quantitative estimate of drug-likeness (QED) is 0.724. The lowest BCUT2D eigenvalue weighted by Crippen LogP contribution is -2.40. The van der Waals surface area contributed by atoms with Gasteiger partial charge in [0.15, 0.2) is 0 Å². The van der Waals surface area contributed by atoms with Crippen molar-refractivity contribution in [3.8, 4) is 0 Å². The molecule has 1 amide bonds. The van der Waals surface area contributed by atoms with Gasteiger partial charge in [0.05, 0.1) is 11.8 Å². The second-order valence-electron chi connectivity index (χ2n) is 6.03. The number of amides is 1. The Balaban J connectivity index is 1.68. The molecule has 0 radical (unpaired) electrons. The zero-order chi connectivity index (χ0) is 14.4. The lowest BCUT2D eigenvalue weighted by atomic mass is 9.79. The number of likely N-dealkylation sites (tertiary alicyclic amines) is 1. The van der Waals surface area contributed by atoms with Gasteiger partial charge in [0.2, 0.25) is 5.91 Å². The summed E-state index contributed by atoms with van der Waals surface area (Å²) >= 11 is 0. The second-order valence-corrected chi connectivity index (χ2v) is 6.03. The lowest BCUT2D eigenvalue weighted by Gasteiger charge is -2.27. The summed E-state index contributed by atoms with van der Waals surface area (Å²) in [5.41, 5.74) is 0. The van der Waals surface area contributed by atoms with E-state index in [9.17, 15) is 14.7 Å². The van der Waals surface area contributed by atoms with Crippen LogP contribution in [0.1, 0.15) is 44.9 Å². The topological polar surface area (TPSA) is 69.6 Å². The Kier molecular flexibility index (Phi) is 5.83. The highest BCUT2D eigenvalue weighted by atomic mass is 16.4. The van der Waals surface area contributed by atoms with Gasteiger partial charge in [-0.15, -0.1) is 0 Å². The van der Waals surface area contributed by atoms with E-state index in [1.807, 2.05) is 0 Å². The van der Waals surface area contributed by atoms with Gasteiger partial charge in [-0.1, -0.05) is 12.8 Å². The molecule has 2 fully saturated rings. The molecule has 0 bridgehead atoms. The molecule has 20 heavy (non-hydrogen) atoms. The van der Waals surface area contributed by atoms with Crippen molar-refractivity contribution >= 4 is 11.9 Å². The standard InChI is InChI=1S/C15H26N2O3/c18-14(12-6-1-2-7-13(12)15(19)20)16-8-5-11-17-9-3-4-10-17/h12-13H,1-11H2,(H,16,18)(H,19,20)/t12-,13+/m1/s1. The average molecular weight is 282 g/mol. The molecule has 1 heterocycles. The third-order valence-corrected chi connectivity index (χ3v) is 4.57. The van der Waals surface area contributed by atoms with E-state index >= 15 is 0 Å². The number of nitrogens with one attached hydrogen (secondary N) is 1. The molecular weight excluding hydrogens is 256 g/mol. The van der Waals surface area contributed by atoms with Crippen LogP contribution in [0.25, 0.3) is 0 Å². The number of hydrogen-bond acceptors (Lipinski definition) is 3. The highest BCUT2D eigenvalue weighted by Gasteiger charge is 2.35. The van der Waals surface area contributed by atoms with Crippen molar-refractivity contribution in [2.45, 2.75) is 44.9 Å². The highest BCUT2D eigenvalue weighted by Crippen LogP contribution is 2.30. The number of rotatable bonds is 6. The number of carboxylic acids is 1. The highest BCUT2D eigenvalue weighted by molar-refractivity contribution is 5.84. The molecule has 0 unspecified atom stereocenters. The Morgan fingerprint density at radius 3 is 2.35 bits per heavy atom. The molecule has 0 aromatic rings. The van der Waals surface area contributed by atoms with E-state index in [-0.39, 0.29) is 11.8 Å². The Bertz CT molecular complexity index is 340. The molecule has 2 atom stereocenters. The van der Waals surface area contributed by atoms with Crippen molar-refractivity contribution in [2.24, 2.45) is 11.8 Å². The van der Waals surface area contributed by atoms with Gasteiger partial charge in [0.25, 0.3) is 0 Å². The van der Waals surface area contributed by atoms with E-state index < -0.39 is 11.9 Å². The Morgan fingerprint density at radius 2 is 1.70 bits per heavy atom. The zero-order valence-corrected chi connectivity index (χ0v) is 12.1. The van der Waals surface area contributed by atoms with Gasteiger partial charge in [0, 0.05) is 6.54 Å². The molecule has 1 saturated carbocycles. The number of aliphatic carboxylic acids is 1. The minimum Gasteiger partial charge on any atom is -0.481 e. The van der Waals surface area contributed by atoms with E-state index in [4.69, 9.17) is 0 Å². The molecular formula is C15H26N2O3. The van der Waals surface area contributed by atoms with Crippen LogP contribution in [0.15, 0.2) is 0 Å². The molecule has 0 aromatic carbocycles. The first-order chi connectivity index (χ1) is 9.68. The fraction of sp³-hybridized carbons (Fsp3) is 0.867. The van der Waals surface area contributed by atoms with E-state index in [1.54, 1.807) is 0 Å². The monoisotopic (exact) mass is 282 g/mol. The first-order valence-corrected chi connectivity index (χ1v) is 7.91. The van der Waals surface area contributed by atoms with Crippen LogP contribution in [0.2, 0.25) is 0 Å². The van der Waals surface area contributed by atoms with Gasteiger partial charge >= 0.3 is 5.97 Å². The zero-order valence-electron chi connectivity index (χ0n) is 12.1. The van der Waals surface area contributed by atoms with Crippen LogP contribution in [0.4, 0.5) is 0 Å². The Hall–Kier alpha value is -1.10. The molecule has 0 spiro atoms. The minimum atomic E-state index is -0.818. The van der Waals surface area contributed by atoms with Crippen molar-refractivity contribution in [2.75, 3.05) is 26.2 Å². The molecule has 1 saturated heterocycles. The SMILES string of the molecule is O=C(O)[C@H]1CCCC[C@H]1C(=O)NCCCN1CCCC1. The predicted molar refractivity (Wildman–Crippen MR) is 76.4 cm³/mol. The first-order valence-electron chi connectivity index (χ1n) is 7.91. The molecule has 2 aliphatic rings. The molecule has 5 nitrogen and oxygen atoms in total. The fourth-order valence-electron chi connectivity index (χ4n) is 3.39. The van der Waals surface area contributed by atoms with Crippen LogP contribution in [0, 0.1) is 11.8 Å². The lowest BCUT2D eigenvalue weighted by molar-refractivity contribution is -0.148. The molecule has 2 rings (SSSR count). The van der Waals surface area contributed by atoms with Crippen LogP contribution in [0.3, 0.4) is 0 Å². The van der Waals surface area contributed by atoms with Gasteiger partial charge in [-0.05, 0) is 51.7 Å². The number of carbonyl (C=O) groups is 2. The normalized spacial score (nSPS) is 27.4. The minimum absolute atomic E-state index is 0.0569. The Morgan fingerprint density at radius 1 is 1.05 bits per heavy atom. The maximum Gasteiger partial charge on any atom is 0.307 e. The van der Waals surface area contributed by atoms with E-state index in [2.05, 4.69) is 10.2 Å². The van der Waals surface area contributed by atoms with Gasteiger partial charge in [-0.2, -0.15) is 0 Å². The van der Waals surface area contributed by atoms with Gasteiger partial charge in [0.1, 0.15) is 0 Å². The number of carbonyl (C=O) groups excluding carboxylic acids is 1. The molecule has 5 heteroatoms. The summed E-state index contributed by atoms with van der Waals surface area (Å²) < 4.78 is 0.